The van der Waals surface area contributed by atoms with E-state index >= 15 is 0 Å². The highest BCUT2D eigenvalue weighted by Crippen LogP contribution is 2.25. The number of carbonyl (C=O) groups is 1. The summed E-state index contributed by atoms with van der Waals surface area (Å²) in [5.41, 5.74) is 2.14. The van der Waals surface area contributed by atoms with Crippen molar-refractivity contribution in [3.05, 3.63) is 71.5 Å². The zero-order valence-corrected chi connectivity index (χ0v) is 17.5. The van der Waals surface area contributed by atoms with Crippen molar-refractivity contribution in [2.75, 3.05) is 0 Å². The minimum absolute atomic E-state index is 0.00814. The molecule has 2 aromatic carbocycles. The topological polar surface area (TPSA) is 59.8 Å². The van der Waals surface area contributed by atoms with Gasteiger partial charge in [0.25, 0.3) is 0 Å². The van der Waals surface area contributed by atoms with Crippen LogP contribution in [0.5, 0.6) is 0 Å². The molecule has 1 heterocycles. The Labute approximate surface area is 174 Å². The molecule has 0 spiro atoms. The Morgan fingerprint density at radius 2 is 1.96 bits per heavy atom. The minimum atomic E-state index is -0.290. The molecule has 1 amide bonds. The Morgan fingerprint density at radius 1 is 1.18 bits per heavy atom. The summed E-state index contributed by atoms with van der Waals surface area (Å²) in [4.78, 5) is 12.6. The van der Waals surface area contributed by atoms with Crippen molar-refractivity contribution in [3.8, 4) is 5.69 Å². The molecule has 0 aliphatic rings. The number of benzene rings is 2. The summed E-state index contributed by atoms with van der Waals surface area (Å²) < 4.78 is 1.83. The van der Waals surface area contributed by atoms with Gasteiger partial charge in [-0.15, -0.1) is 10.2 Å². The second-order valence-electron chi connectivity index (χ2n) is 6.66. The van der Waals surface area contributed by atoms with Crippen LogP contribution in [0.25, 0.3) is 5.69 Å². The van der Waals surface area contributed by atoms with Crippen molar-refractivity contribution in [1.82, 2.24) is 20.1 Å². The first-order valence-electron chi connectivity index (χ1n) is 9.20. The van der Waals surface area contributed by atoms with Gasteiger partial charge in [-0.1, -0.05) is 59.8 Å². The molecule has 0 radical (unpaired) electrons. The number of halogens is 1. The number of nitrogens with one attached hydrogen (secondary N) is 1. The lowest BCUT2D eigenvalue weighted by atomic mass is 10.1. The molecule has 1 N–H and O–H groups in total. The molecule has 7 heteroatoms. The molecule has 28 heavy (non-hydrogen) atoms. The van der Waals surface area contributed by atoms with Crippen LogP contribution in [0.4, 0.5) is 0 Å². The normalized spacial score (nSPS) is 13.1. The molecule has 0 aliphatic carbocycles. The molecular formula is C21H23ClN4OS. The molecule has 146 valence electrons. The van der Waals surface area contributed by atoms with E-state index in [0.717, 1.165) is 18.5 Å². The van der Waals surface area contributed by atoms with E-state index in [-0.39, 0.29) is 17.2 Å². The van der Waals surface area contributed by atoms with Crippen LogP contribution in [0, 0.1) is 0 Å². The van der Waals surface area contributed by atoms with E-state index in [1.165, 1.54) is 17.3 Å². The molecule has 0 saturated heterocycles. The Hall–Kier alpha value is -2.31. The number of aromatic nitrogens is 3. The van der Waals surface area contributed by atoms with E-state index in [1.807, 2.05) is 60.9 Å². The van der Waals surface area contributed by atoms with Crippen LogP contribution < -0.4 is 5.32 Å². The zero-order chi connectivity index (χ0) is 19.9. The number of amides is 1. The van der Waals surface area contributed by atoms with Crippen LogP contribution in [0.1, 0.15) is 25.8 Å². The lowest BCUT2D eigenvalue weighted by molar-refractivity contribution is -0.120. The Bertz CT molecular complexity index is 916. The van der Waals surface area contributed by atoms with Gasteiger partial charge in [-0.25, -0.2) is 0 Å². The quantitative estimate of drug-likeness (QED) is 0.550. The molecule has 3 aromatic rings. The van der Waals surface area contributed by atoms with Gasteiger partial charge in [0.15, 0.2) is 5.16 Å². The number of hydrogen-bond donors (Lipinski definition) is 1. The van der Waals surface area contributed by atoms with Crippen LogP contribution in [0.3, 0.4) is 0 Å². The number of carbonyl (C=O) groups excluding carboxylic acids is 1. The lowest BCUT2D eigenvalue weighted by Gasteiger charge is -2.17. The van der Waals surface area contributed by atoms with Crippen molar-refractivity contribution >= 4 is 29.3 Å². The van der Waals surface area contributed by atoms with Crippen molar-refractivity contribution < 1.29 is 4.79 Å². The number of rotatable bonds is 8. The highest BCUT2D eigenvalue weighted by Gasteiger charge is 2.20. The van der Waals surface area contributed by atoms with Crippen LogP contribution in [0.15, 0.2) is 66.1 Å². The second-order valence-corrected chi connectivity index (χ2v) is 8.40. The van der Waals surface area contributed by atoms with Crippen molar-refractivity contribution in [2.24, 2.45) is 0 Å². The van der Waals surface area contributed by atoms with E-state index in [0.29, 0.717) is 10.2 Å². The first-order chi connectivity index (χ1) is 13.5. The maximum atomic E-state index is 12.6. The van der Waals surface area contributed by atoms with Gasteiger partial charge in [-0.3, -0.25) is 9.36 Å². The minimum Gasteiger partial charge on any atom is -0.353 e. The third kappa shape index (κ3) is 5.59. The number of thioether (sulfide) groups is 1. The summed E-state index contributed by atoms with van der Waals surface area (Å²) in [5, 5.41) is 12.2. The molecule has 2 atom stereocenters. The van der Waals surface area contributed by atoms with Crippen LogP contribution in [-0.2, 0) is 11.2 Å². The summed E-state index contributed by atoms with van der Waals surface area (Å²) >= 11 is 7.45. The smallest absolute Gasteiger partial charge is 0.233 e. The number of nitrogens with zero attached hydrogens (tertiary/aromatic N) is 3. The molecule has 0 saturated carbocycles. The zero-order valence-electron chi connectivity index (χ0n) is 15.9. The lowest BCUT2D eigenvalue weighted by Crippen LogP contribution is -2.38. The number of hydrogen-bond acceptors (Lipinski definition) is 4. The van der Waals surface area contributed by atoms with Crippen molar-refractivity contribution in [3.63, 3.8) is 0 Å². The average Bonchev–Trinajstić information content (AvgIpc) is 3.15. The average molecular weight is 415 g/mol. The fourth-order valence-electron chi connectivity index (χ4n) is 2.78. The van der Waals surface area contributed by atoms with Gasteiger partial charge in [0.1, 0.15) is 6.33 Å². The molecule has 0 aliphatic heterocycles. The standard InChI is InChI=1S/C21H23ClN4OS/c1-15(11-12-17-7-4-3-5-8-17)24-20(27)16(2)28-21-25-23-14-26(21)19-10-6-9-18(22)13-19/h3-10,13-16H,11-12H2,1-2H3,(H,24,27). The van der Waals surface area contributed by atoms with Gasteiger partial charge in [-0.05, 0) is 50.5 Å². The summed E-state index contributed by atoms with van der Waals surface area (Å²) in [6, 6.07) is 17.8. The van der Waals surface area contributed by atoms with E-state index in [2.05, 4.69) is 27.6 Å². The predicted octanol–water partition coefficient (Wildman–Crippen LogP) is 4.54. The fourth-order valence-corrected chi connectivity index (χ4v) is 3.82. The molecule has 0 fully saturated rings. The summed E-state index contributed by atoms with van der Waals surface area (Å²) in [6.45, 7) is 3.91. The van der Waals surface area contributed by atoms with Crippen LogP contribution in [0.2, 0.25) is 5.02 Å². The van der Waals surface area contributed by atoms with Gasteiger partial charge in [0, 0.05) is 11.1 Å². The fraction of sp³-hybridized carbons (Fsp3) is 0.286. The molecule has 3 rings (SSSR count). The second kappa shape index (κ2) is 9.75. The molecule has 1 aromatic heterocycles. The first-order valence-corrected chi connectivity index (χ1v) is 10.5. The van der Waals surface area contributed by atoms with Crippen molar-refractivity contribution in [1.29, 1.82) is 0 Å². The summed E-state index contributed by atoms with van der Waals surface area (Å²) in [7, 11) is 0. The largest absolute Gasteiger partial charge is 0.353 e. The summed E-state index contributed by atoms with van der Waals surface area (Å²) in [6.07, 6.45) is 3.46. The van der Waals surface area contributed by atoms with Crippen LogP contribution in [-0.4, -0.2) is 32.0 Å². The molecule has 0 bridgehead atoms. The van der Waals surface area contributed by atoms with Gasteiger partial charge < -0.3 is 5.32 Å². The van der Waals surface area contributed by atoms with Crippen molar-refractivity contribution in [2.45, 2.75) is 43.1 Å². The SMILES string of the molecule is CC(CCc1ccccc1)NC(=O)C(C)Sc1nncn1-c1cccc(Cl)c1. The van der Waals surface area contributed by atoms with Gasteiger partial charge in [-0.2, -0.15) is 0 Å². The third-order valence-electron chi connectivity index (χ3n) is 4.35. The first kappa shape index (κ1) is 20.4. The van der Waals surface area contributed by atoms with E-state index in [4.69, 9.17) is 11.6 Å². The van der Waals surface area contributed by atoms with Gasteiger partial charge >= 0.3 is 0 Å². The van der Waals surface area contributed by atoms with Gasteiger partial charge in [0.05, 0.1) is 10.9 Å². The Balaban J connectivity index is 1.55. The molecule has 2 unspecified atom stereocenters. The predicted molar refractivity (Wildman–Crippen MR) is 114 cm³/mol. The monoisotopic (exact) mass is 414 g/mol. The number of aryl methyl sites for hydroxylation is 1. The maximum absolute atomic E-state index is 12.6. The van der Waals surface area contributed by atoms with E-state index < -0.39 is 0 Å². The highest BCUT2D eigenvalue weighted by atomic mass is 35.5. The third-order valence-corrected chi connectivity index (χ3v) is 5.64. The molecule has 5 nitrogen and oxygen atoms in total. The Morgan fingerprint density at radius 3 is 2.71 bits per heavy atom. The van der Waals surface area contributed by atoms with Crippen LogP contribution >= 0.6 is 23.4 Å². The van der Waals surface area contributed by atoms with E-state index in [9.17, 15) is 4.79 Å². The summed E-state index contributed by atoms with van der Waals surface area (Å²) in [5.74, 6) is -0.00814. The van der Waals surface area contributed by atoms with Gasteiger partial charge in [0.2, 0.25) is 5.91 Å². The maximum Gasteiger partial charge on any atom is 0.233 e. The molecular weight excluding hydrogens is 392 g/mol. The Kier molecular flexibility index (Phi) is 7.12. The highest BCUT2D eigenvalue weighted by molar-refractivity contribution is 8.00. The van der Waals surface area contributed by atoms with E-state index in [1.54, 1.807) is 6.33 Å².